The summed E-state index contributed by atoms with van der Waals surface area (Å²) in [6.45, 7) is 3.28. The largest absolute Gasteiger partial charge is 0.338 e. The van der Waals surface area contributed by atoms with E-state index in [1.165, 1.54) is 12.1 Å². The van der Waals surface area contributed by atoms with Crippen LogP contribution in [-0.2, 0) is 0 Å². The van der Waals surface area contributed by atoms with Gasteiger partial charge in [-0.05, 0) is 24.5 Å². The zero-order valence-electron chi connectivity index (χ0n) is 10.9. The van der Waals surface area contributed by atoms with Crippen LogP contribution < -0.4 is 5.73 Å². The second-order valence-corrected chi connectivity index (χ2v) is 5.35. The van der Waals surface area contributed by atoms with E-state index >= 15 is 0 Å². The number of rotatable bonds is 2. The zero-order valence-corrected chi connectivity index (χ0v) is 11.7. The molecule has 0 saturated carbocycles. The third-order valence-electron chi connectivity index (χ3n) is 3.79. The average molecular weight is 285 g/mol. The highest BCUT2D eigenvalue weighted by atomic mass is 35.5. The van der Waals surface area contributed by atoms with Crippen LogP contribution in [0.3, 0.4) is 0 Å². The molecule has 104 valence electrons. The van der Waals surface area contributed by atoms with Crippen molar-refractivity contribution in [1.29, 1.82) is 0 Å². The van der Waals surface area contributed by atoms with Crippen molar-refractivity contribution in [3.63, 3.8) is 0 Å². The van der Waals surface area contributed by atoms with Crippen molar-refractivity contribution in [2.24, 2.45) is 11.7 Å². The molecule has 5 heteroatoms. The molecule has 0 radical (unpaired) electrons. The zero-order chi connectivity index (χ0) is 14.0. The fourth-order valence-corrected chi connectivity index (χ4v) is 2.71. The number of benzene rings is 1. The first-order chi connectivity index (χ1) is 9.04. The number of hydrogen-bond donors (Lipinski definition) is 1. The highest BCUT2D eigenvalue weighted by molar-refractivity contribution is 6.34. The van der Waals surface area contributed by atoms with Gasteiger partial charge >= 0.3 is 0 Å². The predicted octanol–water partition coefficient (Wildman–Crippen LogP) is 2.68. The molecule has 1 heterocycles. The maximum Gasteiger partial charge on any atom is 0.255 e. The van der Waals surface area contributed by atoms with Gasteiger partial charge in [0.2, 0.25) is 0 Å². The normalized spacial score (nSPS) is 23.5. The van der Waals surface area contributed by atoms with E-state index in [1.807, 2.05) is 0 Å². The fraction of sp³-hybridized carbons (Fsp3) is 0.500. The minimum absolute atomic E-state index is 0.101. The van der Waals surface area contributed by atoms with Crippen LogP contribution in [0.4, 0.5) is 4.39 Å². The van der Waals surface area contributed by atoms with Gasteiger partial charge in [-0.3, -0.25) is 4.79 Å². The third-order valence-corrected chi connectivity index (χ3v) is 4.17. The Morgan fingerprint density at radius 2 is 2.32 bits per heavy atom. The van der Waals surface area contributed by atoms with Crippen molar-refractivity contribution in [1.82, 2.24) is 4.90 Å². The molecule has 0 spiro atoms. The lowest BCUT2D eigenvalue weighted by Gasteiger charge is -2.36. The summed E-state index contributed by atoms with van der Waals surface area (Å²) >= 11 is 5.86. The van der Waals surface area contributed by atoms with Gasteiger partial charge < -0.3 is 10.6 Å². The molecule has 1 aromatic carbocycles. The molecule has 19 heavy (non-hydrogen) atoms. The second-order valence-electron chi connectivity index (χ2n) is 4.97. The number of carbonyl (C=O) groups is 1. The summed E-state index contributed by atoms with van der Waals surface area (Å²) in [6.07, 6.45) is 1.71. The van der Waals surface area contributed by atoms with Gasteiger partial charge in [-0.25, -0.2) is 4.39 Å². The molecule has 2 rings (SSSR count). The predicted molar refractivity (Wildman–Crippen MR) is 73.7 cm³/mol. The van der Waals surface area contributed by atoms with E-state index in [0.29, 0.717) is 19.0 Å². The Balaban J connectivity index is 2.18. The summed E-state index contributed by atoms with van der Waals surface area (Å²) in [4.78, 5) is 14.1. The first kappa shape index (κ1) is 14.3. The number of amides is 1. The quantitative estimate of drug-likeness (QED) is 0.907. The Kier molecular flexibility index (Phi) is 4.42. The number of halogens is 2. The van der Waals surface area contributed by atoms with Crippen LogP contribution in [0.25, 0.3) is 0 Å². The van der Waals surface area contributed by atoms with Crippen LogP contribution in [0.5, 0.6) is 0 Å². The molecule has 1 saturated heterocycles. The molecule has 0 aromatic heterocycles. The highest BCUT2D eigenvalue weighted by Crippen LogP contribution is 2.24. The first-order valence-corrected chi connectivity index (χ1v) is 6.91. The Labute approximate surface area is 117 Å². The number of hydrogen-bond acceptors (Lipinski definition) is 2. The van der Waals surface area contributed by atoms with Crippen LogP contribution in [0.15, 0.2) is 18.2 Å². The molecule has 0 aliphatic carbocycles. The van der Waals surface area contributed by atoms with Gasteiger partial charge in [-0.15, -0.1) is 0 Å². The molecule has 3 nitrogen and oxygen atoms in total. The SMILES string of the molecule is CCC1CN(C(=O)c2cccc(F)c2Cl)CCC1N. The van der Waals surface area contributed by atoms with Gasteiger partial charge in [-0.1, -0.05) is 31.0 Å². The summed E-state index contributed by atoms with van der Waals surface area (Å²) in [6, 6.07) is 4.45. The van der Waals surface area contributed by atoms with Crippen LogP contribution in [-0.4, -0.2) is 29.9 Å². The van der Waals surface area contributed by atoms with Crippen LogP contribution in [0.1, 0.15) is 30.1 Å². The standard InChI is InChI=1S/C14H18ClFN2O/c1-2-9-8-18(7-6-12(9)17)14(19)10-4-3-5-11(16)13(10)15/h3-5,9,12H,2,6-8,17H2,1H3. The third kappa shape index (κ3) is 2.90. The topological polar surface area (TPSA) is 46.3 Å². The minimum atomic E-state index is -0.562. The van der Waals surface area contributed by atoms with E-state index in [9.17, 15) is 9.18 Å². The number of nitrogens with two attached hydrogens (primary N) is 1. The van der Waals surface area contributed by atoms with Crippen molar-refractivity contribution in [3.8, 4) is 0 Å². The Bertz CT molecular complexity index is 481. The van der Waals surface area contributed by atoms with E-state index in [-0.39, 0.29) is 22.5 Å². The average Bonchev–Trinajstić information content (AvgIpc) is 2.41. The Morgan fingerprint density at radius 1 is 1.58 bits per heavy atom. The minimum Gasteiger partial charge on any atom is -0.338 e. The van der Waals surface area contributed by atoms with Crippen molar-refractivity contribution < 1.29 is 9.18 Å². The van der Waals surface area contributed by atoms with Crippen molar-refractivity contribution in [2.75, 3.05) is 13.1 Å². The van der Waals surface area contributed by atoms with Crippen LogP contribution in [0, 0.1) is 11.7 Å². The lowest BCUT2D eigenvalue weighted by molar-refractivity contribution is 0.0649. The molecule has 0 bridgehead atoms. The molecule has 2 N–H and O–H groups in total. The van der Waals surface area contributed by atoms with E-state index in [0.717, 1.165) is 12.8 Å². The van der Waals surface area contributed by atoms with Crippen molar-refractivity contribution >= 4 is 17.5 Å². The van der Waals surface area contributed by atoms with Gasteiger partial charge in [0, 0.05) is 19.1 Å². The maximum absolute atomic E-state index is 13.4. The maximum atomic E-state index is 13.4. The lowest BCUT2D eigenvalue weighted by Crippen LogP contribution is -2.49. The Hall–Kier alpha value is -1.13. The summed E-state index contributed by atoms with van der Waals surface area (Å²) in [5.74, 6) is -0.479. The highest BCUT2D eigenvalue weighted by Gasteiger charge is 2.29. The van der Waals surface area contributed by atoms with E-state index in [4.69, 9.17) is 17.3 Å². The first-order valence-electron chi connectivity index (χ1n) is 6.53. The second kappa shape index (κ2) is 5.88. The van der Waals surface area contributed by atoms with Crippen molar-refractivity contribution in [2.45, 2.75) is 25.8 Å². The molecule has 2 unspecified atom stereocenters. The summed E-state index contributed by atoms with van der Waals surface area (Å²) in [5.41, 5.74) is 6.25. The van der Waals surface area contributed by atoms with Gasteiger partial charge in [0.1, 0.15) is 5.82 Å². The van der Waals surface area contributed by atoms with Crippen LogP contribution in [0.2, 0.25) is 5.02 Å². The number of carbonyl (C=O) groups excluding carboxylic acids is 1. The molecule has 1 aliphatic rings. The summed E-state index contributed by atoms with van der Waals surface area (Å²) in [5, 5.41) is -0.101. The molecule has 1 aliphatic heterocycles. The number of nitrogens with zero attached hydrogens (tertiary/aromatic N) is 1. The van der Waals surface area contributed by atoms with E-state index in [2.05, 4.69) is 6.92 Å². The molecule has 1 fully saturated rings. The van der Waals surface area contributed by atoms with Gasteiger partial charge in [-0.2, -0.15) is 0 Å². The fourth-order valence-electron chi connectivity index (χ4n) is 2.51. The summed E-state index contributed by atoms with van der Waals surface area (Å²) in [7, 11) is 0. The molecule has 1 aromatic rings. The molecule has 2 atom stereocenters. The lowest BCUT2D eigenvalue weighted by atomic mass is 9.90. The van der Waals surface area contributed by atoms with Gasteiger partial charge in [0.15, 0.2) is 0 Å². The van der Waals surface area contributed by atoms with E-state index in [1.54, 1.807) is 11.0 Å². The Morgan fingerprint density at radius 3 is 3.00 bits per heavy atom. The van der Waals surface area contributed by atoms with E-state index < -0.39 is 5.82 Å². The molecular formula is C14H18ClFN2O. The summed E-state index contributed by atoms with van der Waals surface area (Å²) < 4.78 is 13.4. The van der Waals surface area contributed by atoms with Gasteiger partial charge in [0.05, 0.1) is 10.6 Å². The van der Waals surface area contributed by atoms with Gasteiger partial charge in [0.25, 0.3) is 5.91 Å². The smallest absolute Gasteiger partial charge is 0.255 e. The number of piperidine rings is 1. The monoisotopic (exact) mass is 284 g/mol. The molecule has 1 amide bonds. The number of likely N-dealkylation sites (tertiary alicyclic amines) is 1. The van der Waals surface area contributed by atoms with Crippen molar-refractivity contribution in [3.05, 3.63) is 34.6 Å². The van der Waals surface area contributed by atoms with Crippen LogP contribution >= 0.6 is 11.6 Å². The molecular weight excluding hydrogens is 267 g/mol.